The van der Waals surface area contributed by atoms with Gasteiger partial charge in [-0.2, -0.15) is 0 Å². The number of methoxy groups -OCH3 is 1. The normalized spacial score (nSPS) is 16.2. The van der Waals surface area contributed by atoms with Gasteiger partial charge in [0.1, 0.15) is 5.75 Å². The zero-order valence-corrected chi connectivity index (χ0v) is 19.4. The van der Waals surface area contributed by atoms with E-state index in [9.17, 15) is 13.2 Å². The molecule has 0 aliphatic carbocycles. The second-order valence-corrected chi connectivity index (χ2v) is 10.1. The monoisotopic (exact) mass is 457 g/mol. The fourth-order valence-corrected chi connectivity index (χ4v) is 5.59. The first-order chi connectivity index (χ1) is 15.5. The molecule has 2 aliphatic rings. The molecule has 32 heavy (non-hydrogen) atoms. The molecule has 4 rings (SSSR count). The first-order valence-electron chi connectivity index (χ1n) is 11.3. The maximum Gasteiger partial charge on any atom is 0.257 e. The molecule has 1 N–H and O–H groups in total. The van der Waals surface area contributed by atoms with Crippen molar-refractivity contribution in [1.82, 2.24) is 9.62 Å². The molecular formula is C24H31N3O4S. The number of ether oxygens (including phenoxy) is 1. The van der Waals surface area contributed by atoms with Crippen LogP contribution in [0.4, 0.5) is 5.69 Å². The summed E-state index contributed by atoms with van der Waals surface area (Å²) in [7, 11) is -2.23. The van der Waals surface area contributed by atoms with Crippen LogP contribution in [0.5, 0.6) is 5.75 Å². The lowest BCUT2D eigenvalue weighted by molar-refractivity contribution is 0.0720. The Labute approximate surface area is 190 Å². The van der Waals surface area contributed by atoms with Gasteiger partial charge in [-0.1, -0.05) is 18.2 Å². The van der Waals surface area contributed by atoms with Gasteiger partial charge in [0.05, 0.1) is 17.6 Å². The minimum atomic E-state index is -3.72. The largest absolute Gasteiger partial charge is 0.496 e. The zero-order chi connectivity index (χ0) is 22.6. The second-order valence-electron chi connectivity index (χ2n) is 8.33. The number of hydrogen-bond acceptors (Lipinski definition) is 5. The van der Waals surface area contributed by atoms with E-state index in [1.54, 1.807) is 11.0 Å². The van der Waals surface area contributed by atoms with Crippen LogP contribution in [0.15, 0.2) is 47.4 Å². The van der Waals surface area contributed by atoms with Crippen LogP contribution in [0, 0.1) is 0 Å². The molecule has 1 fully saturated rings. The van der Waals surface area contributed by atoms with Crippen molar-refractivity contribution in [3.8, 4) is 5.75 Å². The van der Waals surface area contributed by atoms with E-state index >= 15 is 0 Å². The number of piperidine rings is 1. The van der Waals surface area contributed by atoms with Gasteiger partial charge in [0, 0.05) is 38.4 Å². The molecule has 172 valence electrons. The Kier molecular flexibility index (Phi) is 7.01. The Balaban J connectivity index is 1.39. The van der Waals surface area contributed by atoms with Crippen molar-refractivity contribution >= 4 is 21.6 Å². The highest BCUT2D eigenvalue weighted by molar-refractivity contribution is 7.89. The van der Waals surface area contributed by atoms with Crippen molar-refractivity contribution in [2.45, 2.75) is 37.0 Å². The third-order valence-corrected chi connectivity index (χ3v) is 7.69. The number of amides is 1. The summed E-state index contributed by atoms with van der Waals surface area (Å²) >= 11 is 0. The van der Waals surface area contributed by atoms with E-state index in [0.29, 0.717) is 37.4 Å². The number of para-hydroxylation sites is 1. The topological polar surface area (TPSA) is 79.0 Å². The molecule has 0 bridgehead atoms. The van der Waals surface area contributed by atoms with E-state index < -0.39 is 10.0 Å². The molecule has 7 nitrogen and oxygen atoms in total. The van der Waals surface area contributed by atoms with Crippen molar-refractivity contribution in [1.29, 1.82) is 0 Å². The maximum absolute atomic E-state index is 13.0. The molecule has 0 atom stereocenters. The lowest BCUT2D eigenvalue weighted by atomic mass is 10.1. The minimum Gasteiger partial charge on any atom is -0.496 e. The lowest BCUT2D eigenvalue weighted by Gasteiger charge is -2.27. The number of carbonyl (C=O) groups excluding carboxylic acids is 1. The molecule has 0 unspecified atom stereocenters. The van der Waals surface area contributed by atoms with Gasteiger partial charge in [-0.15, -0.1) is 0 Å². The summed E-state index contributed by atoms with van der Waals surface area (Å²) in [5.41, 5.74) is 2.88. The van der Waals surface area contributed by atoms with Crippen LogP contribution in [0.2, 0.25) is 0 Å². The van der Waals surface area contributed by atoms with Crippen LogP contribution in [-0.2, 0) is 16.4 Å². The molecule has 1 saturated heterocycles. The summed E-state index contributed by atoms with van der Waals surface area (Å²) in [6.45, 7) is 3.48. The average molecular weight is 458 g/mol. The van der Waals surface area contributed by atoms with Crippen LogP contribution in [0.1, 0.15) is 41.6 Å². The Hall–Kier alpha value is -2.58. The fraction of sp³-hybridized carbons (Fsp3) is 0.458. The summed E-state index contributed by atoms with van der Waals surface area (Å²) in [5.74, 6) is 0.221. The summed E-state index contributed by atoms with van der Waals surface area (Å²) in [5, 5.41) is 0. The first-order valence-corrected chi connectivity index (χ1v) is 12.8. The van der Waals surface area contributed by atoms with Gasteiger partial charge in [0.2, 0.25) is 10.0 Å². The third-order valence-electron chi connectivity index (χ3n) is 6.24. The van der Waals surface area contributed by atoms with Gasteiger partial charge in [0.15, 0.2) is 0 Å². The van der Waals surface area contributed by atoms with E-state index in [0.717, 1.165) is 38.8 Å². The minimum absolute atomic E-state index is 0.0881. The number of hydrogen-bond donors (Lipinski definition) is 1. The lowest BCUT2D eigenvalue weighted by Crippen LogP contribution is -2.36. The van der Waals surface area contributed by atoms with Gasteiger partial charge in [-0.25, -0.2) is 13.1 Å². The molecule has 2 aromatic rings. The van der Waals surface area contributed by atoms with Gasteiger partial charge < -0.3 is 14.5 Å². The molecule has 0 spiro atoms. The number of carbonyl (C=O) groups is 1. The molecule has 2 heterocycles. The highest BCUT2D eigenvalue weighted by atomic mass is 32.2. The molecule has 0 radical (unpaired) electrons. The van der Waals surface area contributed by atoms with Crippen molar-refractivity contribution in [3.63, 3.8) is 0 Å². The van der Waals surface area contributed by atoms with Crippen LogP contribution >= 0.6 is 0 Å². The summed E-state index contributed by atoms with van der Waals surface area (Å²) in [6.07, 6.45) is 4.78. The number of sulfonamides is 1. The molecular weight excluding hydrogens is 426 g/mol. The van der Waals surface area contributed by atoms with Gasteiger partial charge in [-0.3, -0.25) is 4.79 Å². The van der Waals surface area contributed by atoms with Crippen molar-refractivity contribution in [2.24, 2.45) is 0 Å². The number of anilines is 1. The first kappa shape index (κ1) is 22.6. The summed E-state index contributed by atoms with van der Waals surface area (Å²) < 4.78 is 33.8. The highest BCUT2D eigenvalue weighted by Gasteiger charge is 2.24. The number of nitrogens with zero attached hydrogens (tertiary/aromatic N) is 2. The Bertz CT molecular complexity index is 1060. The Morgan fingerprint density at radius 1 is 1.06 bits per heavy atom. The van der Waals surface area contributed by atoms with Crippen LogP contribution < -0.4 is 14.4 Å². The van der Waals surface area contributed by atoms with Gasteiger partial charge in [-0.05, 0) is 61.9 Å². The Morgan fingerprint density at radius 2 is 1.84 bits per heavy atom. The molecule has 8 heteroatoms. The molecule has 2 aromatic carbocycles. The smallest absolute Gasteiger partial charge is 0.257 e. The number of benzene rings is 2. The molecule has 0 saturated carbocycles. The van der Waals surface area contributed by atoms with E-state index in [1.165, 1.54) is 30.5 Å². The predicted octanol–water partition coefficient (Wildman–Crippen LogP) is 3.05. The molecule has 2 aliphatic heterocycles. The number of rotatable bonds is 8. The van der Waals surface area contributed by atoms with Crippen molar-refractivity contribution < 1.29 is 17.9 Å². The van der Waals surface area contributed by atoms with E-state index in [2.05, 4.69) is 27.8 Å². The number of nitrogens with one attached hydrogen (secondary N) is 1. The van der Waals surface area contributed by atoms with E-state index in [-0.39, 0.29) is 10.8 Å². The summed E-state index contributed by atoms with van der Waals surface area (Å²) in [6, 6.07) is 12.8. The molecule has 0 aromatic heterocycles. The number of fused-ring (bicyclic) bond motifs is 1. The maximum atomic E-state index is 13.0. The van der Waals surface area contributed by atoms with E-state index in [1.807, 2.05) is 6.07 Å². The number of likely N-dealkylation sites (tertiary alicyclic amines) is 1. The highest BCUT2D eigenvalue weighted by Crippen LogP contribution is 2.28. The second kappa shape index (κ2) is 9.92. The van der Waals surface area contributed by atoms with Crippen LogP contribution in [0.3, 0.4) is 0 Å². The zero-order valence-electron chi connectivity index (χ0n) is 18.5. The quantitative estimate of drug-likeness (QED) is 0.617. The van der Waals surface area contributed by atoms with Crippen molar-refractivity contribution in [3.05, 3.63) is 53.6 Å². The van der Waals surface area contributed by atoms with E-state index in [4.69, 9.17) is 4.74 Å². The predicted molar refractivity (Wildman–Crippen MR) is 125 cm³/mol. The van der Waals surface area contributed by atoms with Crippen LogP contribution in [-0.4, -0.2) is 59.1 Å². The standard InChI is InChI=1S/C24H31N3O4S/c1-31-23-11-10-20(18-21(23)24(28)27-14-5-2-6-15-27)32(29,30)25-13-7-16-26-17-12-19-8-3-4-9-22(19)26/h3-4,8-11,18,25H,2,5-7,12-17H2,1H3. The summed E-state index contributed by atoms with van der Waals surface area (Å²) in [4.78, 5) is 17.2. The fourth-order valence-electron chi connectivity index (χ4n) is 4.49. The molecule has 1 amide bonds. The van der Waals surface area contributed by atoms with Gasteiger partial charge in [0.25, 0.3) is 5.91 Å². The van der Waals surface area contributed by atoms with Crippen LogP contribution in [0.25, 0.3) is 0 Å². The third kappa shape index (κ3) is 4.91. The van der Waals surface area contributed by atoms with Crippen molar-refractivity contribution in [2.75, 3.05) is 44.7 Å². The Morgan fingerprint density at radius 3 is 2.62 bits per heavy atom. The van der Waals surface area contributed by atoms with Gasteiger partial charge >= 0.3 is 0 Å². The SMILES string of the molecule is COc1ccc(S(=O)(=O)NCCCN2CCc3ccccc32)cc1C(=O)N1CCCCC1. The average Bonchev–Trinajstić information content (AvgIpc) is 3.24.